The average Bonchev–Trinajstić information content (AvgIpc) is 2.35. The van der Waals surface area contributed by atoms with Crippen molar-refractivity contribution in [1.29, 1.82) is 0 Å². The summed E-state index contributed by atoms with van der Waals surface area (Å²) in [6.07, 6.45) is -2.49. The highest BCUT2D eigenvalue weighted by atomic mass is 32.2. The standard InChI is InChI=1S/C16H25F2NO2S/c1-10-7-13(12(3)19-22(20)16(4,5)6)8-11(2)15(10)21-9-14(17)18/h7-8,12,14,19H,9H2,1-6H3. The van der Waals surface area contributed by atoms with Crippen molar-refractivity contribution in [3.8, 4) is 5.75 Å². The first-order valence-electron chi connectivity index (χ1n) is 7.22. The molecule has 0 bridgehead atoms. The summed E-state index contributed by atoms with van der Waals surface area (Å²) >= 11 is 0. The third kappa shape index (κ3) is 5.32. The molecule has 126 valence electrons. The number of nitrogens with one attached hydrogen (secondary N) is 1. The zero-order valence-corrected chi connectivity index (χ0v) is 14.8. The van der Waals surface area contributed by atoms with Crippen molar-refractivity contribution in [1.82, 2.24) is 4.72 Å². The highest BCUT2D eigenvalue weighted by Crippen LogP contribution is 2.28. The van der Waals surface area contributed by atoms with E-state index in [-0.39, 0.29) is 10.8 Å². The van der Waals surface area contributed by atoms with Crippen LogP contribution in [0.25, 0.3) is 0 Å². The number of benzene rings is 1. The van der Waals surface area contributed by atoms with Crippen LogP contribution in [-0.2, 0) is 11.0 Å². The fourth-order valence-electron chi connectivity index (χ4n) is 2.01. The van der Waals surface area contributed by atoms with Gasteiger partial charge in [-0.15, -0.1) is 0 Å². The Hall–Kier alpha value is -1.01. The normalized spacial score (nSPS) is 15.0. The number of alkyl halides is 2. The van der Waals surface area contributed by atoms with Crippen molar-refractivity contribution in [2.75, 3.05) is 6.61 Å². The fourth-order valence-corrected chi connectivity index (χ4v) is 2.82. The third-order valence-corrected chi connectivity index (χ3v) is 4.86. The van der Waals surface area contributed by atoms with Gasteiger partial charge in [-0.2, -0.15) is 0 Å². The second kappa shape index (κ2) is 7.51. The summed E-state index contributed by atoms with van der Waals surface area (Å²) in [7, 11) is -1.18. The van der Waals surface area contributed by atoms with Crippen molar-refractivity contribution in [2.24, 2.45) is 0 Å². The highest BCUT2D eigenvalue weighted by molar-refractivity contribution is 7.84. The molecule has 1 aromatic carbocycles. The van der Waals surface area contributed by atoms with Crippen molar-refractivity contribution >= 4 is 11.0 Å². The Morgan fingerprint density at radius 1 is 1.23 bits per heavy atom. The van der Waals surface area contributed by atoms with Gasteiger partial charge in [0, 0.05) is 6.04 Å². The number of aryl methyl sites for hydroxylation is 2. The molecule has 3 nitrogen and oxygen atoms in total. The Labute approximate surface area is 134 Å². The number of hydrogen-bond donors (Lipinski definition) is 1. The van der Waals surface area contributed by atoms with Crippen LogP contribution in [0, 0.1) is 13.8 Å². The molecule has 0 aliphatic rings. The maximum absolute atomic E-state index is 12.3. The molecule has 0 aliphatic heterocycles. The maximum Gasteiger partial charge on any atom is 0.272 e. The van der Waals surface area contributed by atoms with E-state index in [2.05, 4.69) is 4.72 Å². The van der Waals surface area contributed by atoms with Crippen molar-refractivity contribution in [3.05, 3.63) is 28.8 Å². The van der Waals surface area contributed by atoms with Crippen LogP contribution in [0.4, 0.5) is 8.78 Å². The second-order valence-corrected chi connectivity index (χ2v) is 8.40. The molecular formula is C16H25F2NO2S. The van der Waals surface area contributed by atoms with Gasteiger partial charge in [-0.1, -0.05) is 12.1 Å². The quantitative estimate of drug-likeness (QED) is 0.852. The van der Waals surface area contributed by atoms with Crippen LogP contribution in [0.2, 0.25) is 0 Å². The van der Waals surface area contributed by atoms with E-state index in [0.29, 0.717) is 5.75 Å². The van der Waals surface area contributed by atoms with Crippen LogP contribution >= 0.6 is 0 Å². The zero-order valence-electron chi connectivity index (χ0n) is 14.0. The second-order valence-electron chi connectivity index (χ2n) is 6.41. The lowest BCUT2D eigenvalue weighted by Crippen LogP contribution is -2.34. The van der Waals surface area contributed by atoms with Crippen LogP contribution in [0.15, 0.2) is 12.1 Å². The molecule has 0 saturated carbocycles. The van der Waals surface area contributed by atoms with Gasteiger partial charge in [-0.05, 0) is 58.2 Å². The average molecular weight is 333 g/mol. The molecule has 0 radical (unpaired) electrons. The minimum absolute atomic E-state index is 0.110. The SMILES string of the molecule is Cc1cc(C(C)NS(=O)C(C)(C)C)cc(C)c1OCC(F)F. The summed E-state index contributed by atoms with van der Waals surface area (Å²) < 4.78 is 44.6. The summed E-state index contributed by atoms with van der Waals surface area (Å²) in [5.41, 5.74) is 2.55. The first-order chi connectivity index (χ1) is 10.0. The molecule has 0 aliphatic carbocycles. The summed E-state index contributed by atoms with van der Waals surface area (Å²) in [6, 6.07) is 3.65. The van der Waals surface area contributed by atoms with Gasteiger partial charge in [0.15, 0.2) is 0 Å². The molecule has 1 rings (SSSR count). The summed E-state index contributed by atoms with van der Waals surface area (Å²) in [6.45, 7) is 10.7. The minimum atomic E-state index is -2.49. The molecular weight excluding hydrogens is 308 g/mol. The van der Waals surface area contributed by atoms with E-state index in [1.54, 1.807) is 0 Å². The number of ether oxygens (including phenoxy) is 1. The largest absolute Gasteiger partial charge is 0.487 e. The molecule has 0 heterocycles. The van der Waals surface area contributed by atoms with E-state index in [4.69, 9.17) is 4.74 Å². The highest BCUT2D eigenvalue weighted by Gasteiger charge is 2.22. The lowest BCUT2D eigenvalue weighted by atomic mass is 10.0. The van der Waals surface area contributed by atoms with Crippen molar-refractivity contribution in [2.45, 2.75) is 58.8 Å². The smallest absolute Gasteiger partial charge is 0.272 e. The van der Waals surface area contributed by atoms with Gasteiger partial charge in [0.05, 0.1) is 15.7 Å². The lowest BCUT2D eigenvalue weighted by Gasteiger charge is -2.23. The van der Waals surface area contributed by atoms with E-state index < -0.39 is 24.0 Å². The molecule has 6 heteroatoms. The Balaban J connectivity index is 2.91. The van der Waals surface area contributed by atoms with Gasteiger partial charge in [-0.25, -0.2) is 17.7 Å². The Morgan fingerprint density at radius 2 is 1.73 bits per heavy atom. The van der Waals surface area contributed by atoms with Crippen LogP contribution in [-0.4, -0.2) is 22.0 Å². The van der Waals surface area contributed by atoms with E-state index in [1.165, 1.54) is 0 Å². The molecule has 0 aromatic heterocycles. The molecule has 0 fully saturated rings. The lowest BCUT2D eigenvalue weighted by molar-refractivity contribution is 0.0812. The number of hydrogen-bond acceptors (Lipinski definition) is 2. The van der Waals surface area contributed by atoms with Gasteiger partial charge in [0.2, 0.25) is 0 Å². The van der Waals surface area contributed by atoms with Crippen molar-refractivity contribution < 1.29 is 17.7 Å². The first kappa shape index (κ1) is 19.0. The van der Waals surface area contributed by atoms with Gasteiger partial charge in [-0.3, -0.25) is 0 Å². The number of halogens is 2. The summed E-state index contributed by atoms with van der Waals surface area (Å²) in [5.74, 6) is 0.494. The zero-order chi connectivity index (χ0) is 17.1. The van der Waals surface area contributed by atoms with E-state index in [0.717, 1.165) is 16.7 Å². The van der Waals surface area contributed by atoms with Crippen LogP contribution in [0.1, 0.15) is 50.4 Å². The van der Waals surface area contributed by atoms with Gasteiger partial charge in [0.1, 0.15) is 12.4 Å². The molecule has 1 N–H and O–H groups in total. The Morgan fingerprint density at radius 3 is 2.14 bits per heavy atom. The molecule has 2 atom stereocenters. The predicted octanol–water partition coefficient (Wildman–Crippen LogP) is 4.06. The van der Waals surface area contributed by atoms with Crippen LogP contribution in [0.3, 0.4) is 0 Å². The van der Waals surface area contributed by atoms with Gasteiger partial charge >= 0.3 is 0 Å². The predicted molar refractivity (Wildman–Crippen MR) is 86.9 cm³/mol. The fraction of sp³-hybridized carbons (Fsp3) is 0.625. The minimum Gasteiger partial charge on any atom is -0.487 e. The topological polar surface area (TPSA) is 38.3 Å². The first-order valence-corrected chi connectivity index (χ1v) is 8.37. The van der Waals surface area contributed by atoms with E-state index in [9.17, 15) is 13.0 Å². The maximum atomic E-state index is 12.3. The Kier molecular flexibility index (Phi) is 6.50. The van der Waals surface area contributed by atoms with Crippen LogP contribution < -0.4 is 9.46 Å². The molecule has 1 aromatic rings. The van der Waals surface area contributed by atoms with E-state index >= 15 is 0 Å². The number of rotatable bonds is 6. The molecule has 22 heavy (non-hydrogen) atoms. The van der Waals surface area contributed by atoms with E-state index in [1.807, 2.05) is 53.7 Å². The van der Waals surface area contributed by atoms with Gasteiger partial charge in [0.25, 0.3) is 6.43 Å². The third-order valence-electron chi connectivity index (χ3n) is 3.18. The van der Waals surface area contributed by atoms with Crippen LogP contribution in [0.5, 0.6) is 5.75 Å². The monoisotopic (exact) mass is 333 g/mol. The van der Waals surface area contributed by atoms with Gasteiger partial charge < -0.3 is 4.74 Å². The summed E-state index contributed by atoms with van der Waals surface area (Å²) in [4.78, 5) is 0. The molecule has 2 unspecified atom stereocenters. The molecule has 0 saturated heterocycles. The molecule has 0 amide bonds. The van der Waals surface area contributed by atoms with Crippen molar-refractivity contribution in [3.63, 3.8) is 0 Å². The Bertz CT molecular complexity index is 518. The summed E-state index contributed by atoms with van der Waals surface area (Å²) in [5, 5.41) is 0. The molecule has 0 spiro atoms.